The van der Waals surface area contributed by atoms with Gasteiger partial charge in [0.05, 0.1) is 0 Å². The van der Waals surface area contributed by atoms with Gasteiger partial charge in [-0.05, 0) is 37.5 Å². The molecule has 0 aliphatic heterocycles. The second-order valence-corrected chi connectivity index (χ2v) is 4.53. The maximum absolute atomic E-state index is 12.9. The van der Waals surface area contributed by atoms with E-state index in [1.54, 1.807) is 0 Å². The molecule has 1 saturated carbocycles. The normalized spacial score (nSPS) is 17.4. The highest BCUT2D eigenvalue weighted by Crippen LogP contribution is 2.28. The summed E-state index contributed by atoms with van der Waals surface area (Å²) >= 11 is 0. The molecule has 1 amide bonds. The highest BCUT2D eigenvalue weighted by atomic mass is 19.2. The number of carbonyl (C=O) groups excluding carboxylic acids is 1. The van der Waals surface area contributed by atoms with Gasteiger partial charge in [0.2, 0.25) is 0 Å². The Morgan fingerprint density at radius 1 is 1.35 bits per heavy atom. The molecule has 1 aromatic rings. The Labute approximate surface area is 98.0 Å². The Morgan fingerprint density at radius 2 is 2.06 bits per heavy atom. The molecule has 1 aliphatic rings. The van der Waals surface area contributed by atoms with Crippen molar-refractivity contribution in [1.29, 1.82) is 0 Å². The number of nitrogens with one attached hydrogen (secondary N) is 1. The van der Waals surface area contributed by atoms with Crippen LogP contribution in [0.3, 0.4) is 0 Å². The number of carbonyl (C=O) groups is 1. The summed E-state index contributed by atoms with van der Waals surface area (Å²) in [6.07, 6.45) is 2.83. The van der Waals surface area contributed by atoms with E-state index in [1.807, 2.05) is 0 Å². The molecule has 0 aromatic heterocycles. The molecule has 0 atom stereocenters. The van der Waals surface area contributed by atoms with Crippen molar-refractivity contribution in [2.45, 2.75) is 24.8 Å². The smallest absolute Gasteiger partial charge is 0.251 e. The van der Waals surface area contributed by atoms with Crippen molar-refractivity contribution in [3.63, 3.8) is 0 Å². The van der Waals surface area contributed by atoms with E-state index in [2.05, 4.69) is 5.32 Å². The van der Waals surface area contributed by atoms with E-state index in [4.69, 9.17) is 5.73 Å². The van der Waals surface area contributed by atoms with Gasteiger partial charge in [-0.3, -0.25) is 4.79 Å². The third-order valence-electron chi connectivity index (χ3n) is 3.13. The highest BCUT2D eigenvalue weighted by Gasteiger charge is 2.32. The first kappa shape index (κ1) is 12.0. The first-order valence-corrected chi connectivity index (χ1v) is 5.52. The summed E-state index contributed by atoms with van der Waals surface area (Å²) in [5, 5.41) is 2.64. The van der Waals surface area contributed by atoms with Gasteiger partial charge in [0, 0.05) is 17.6 Å². The lowest BCUT2D eigenvalue weighted by atomic mass is 9.78. The third-order valence-corrected chi connectivity index (χ3v) is 3.13. The van der Waals surface area contributed by atoms with Gasteiger partial charge >= 0.3 is 0 Å². The van der Waals surface area contributed by atoms with E-state index < -0.39 is 17.5 Å². The zero-order valence-corrected chi connectivity index (χ0v) is 9.30. The fraction of sp³-hybridized carbons (Fsp3) is 0.417. The number of rotatable bonds is 3. The molecule has 1 aromatic carbocycles. The lowest BCUT2D eigenvalue weighted by Gasteiger charge is -2.38. The topological polar surface area (TPSA) is 55.1 Å². The summed E-state index contributed by atoms with van der Waals surface area (Å²) in [7, 11) is 0. The lowest BCUT2D eigenvalue weighted by molar-refractivity contribution is 0.0929. The first-order chi connectivity index (χ1) is 8.00. The summed E-state index contributed by atoms with van der Waals surface area (Å²) in [6.45, 7) is 0.366. The van der Waals surface area contributed by atoms with E-state index in [9.17, 15) is 13.6 Å². The van der Waals surface area contributed by atoms with Crippen molar-refractivity contribution in [2.24, 2.45) is 5.73 Å². The van der Waals surface area contributed by atoms with Gasteiger partial charge in [-0.15, -0.1) is 0 Å². The van der Waals surface area contributed by atoms with Crippen LogP contribution in [-0.4, -0.2) is 18.0 Å². The molecule has 5 heteroatoms. The SMILES string of the molecule is NC1(CNC(=O)c2ccc(F)c(F)c2)CCC1. The van der Waals surface area contributed by atoms with Crippen LogP contribution in [0.25, 0.3) is 0 Å². The second-order valence-electron chi connectivity index (χ2n) is 4.53. The van der Waals surface area contributed by atoms with Crippen molar-refractivity contribution in [2.75, 3.05) is 6.54 Å². The fourth-order valence-electron chi connectivity index (χ4n) is 1.80. The number of hydrogen-bond acceptors (Lipinski definition) is 2. The largest absolute Gasteiger partial charge is 0.350 e. The van der Waals surface area contributed by atoms with Crippen LogP contribution < -0.4 is 11.1 Å². The van der Waals surface area contributed by atoms with Crippen LogP contribution >= 0.6 is 0 Å². The minimum Gasteiger partial charge on any atom is -0.350 e. The van der Waals surface area contributed by atoms with Crippen LogP contribution in [0.5, 0.6) is 0 Å². The molecular weight excluding hydrogens is 226 g/mol. The van der Waals surface area contributed by atoms with E-state index in [1.165, 1.54) is 6.07 Å². The maximum atomic E-state index is 12.9. The molecule has 3 nitrogen and oxygen atoms in total. The quantitative estimate of drug-likeness (QED) is 0.842. The summed E-state index contributed by atoms with van der Waals surface area (Å²) in [5.41, 5.74) is 5.71. The molecule has 3 N–H and O–H groups in total. The Balaban J connectivity index is 1.97. The molecule has 2 rings (SSSR count). The average molecular weight is 240 g/mol. The van der Waals surface area contributed by atoms with Gasteiger partial charge in [-0.2, -0.15) is 0 Å². The summed E-state index contributed by atoms with van der Waals surface area (Å²) in [6, 6.07) is 3.07. The summed E-state index contributed by atoms with van der Waals surface area (Å²) in [4.78, 5) is 11.6. The molecule has 17 heavy (non-hydrogen) atoms. The molecule has 1 aliphatic carbocycles. The van der Waals surface area contributed by atoms with Crippen LogP contribution in [0.2, 0.25) is 0 Å². The van der Waals surface area contributed by atoms with Crippen molar-refractivity contribution in [1.82, 2.24) is 5.32 Å². The number of halogens is 2. The van der Waals surface area contributed by atoms with Crippen molar-refractivity contribution >= 4 is 5.91 Å². The Bertz CT molecular complexity index is 444. The monoisotopic (exact) mass is 240 g/mol. The predicted octanol–water partition coefficient (Wildman–Crippen LogP) is 1.58. The fourth-order valence-corrected chi connectivity index (χ4v) is 1.80. The average Bonchev–Trinajstić information content (AvgIpc) is 2.27. The van der Waals surface area contributed by atoms with Crippen LogP contribution in [0.15, 0.2) is 18.2 Å². The third kappa shape index (κ3) is 2.61. The van der Waals surface area contributed by atoms with E-state index in [0.717, 1.165) is 31.4 Å². The van der Waals surface area contributed by atoms with Gasteiger partial charge in [0.1, 0.15) is 0 Å². The Hall–Kier alpha value is -1.49. The molecule has 0 radical (unpaired) electrons. The lowest BCUT2D eigenvalue weighted by Crippen LogP contribution is -2.54. The standard InChI is InChI=1S/C12H14F2N2O/c13-9-3-2-8(6-10(9)14)11(17)16-7-12(15)4-1-5-12/h2-3,6H,1,4-5,7,15H2,(H,16,17). The van der Waals surface area contributed by atoms with Crippen molar-refractivity contribution < 1.29 is 13.6 Å². The van der Waals surface area contributed by atoms with Crippen LogP contribution in [0.4, 0.5) is 8.78 Å². The minimum atomic E-state index is -1.02. The molecular formula is C12H14F2N2O. The summed E-state index contributed by atoms with van der Waals surface area (Å²) in [5.74, 6) is -2.42. The molecule has 92 valence electrons. The van der Waals surface area contributed by atoms with Crippen LogP contribution in [0, 0.1) is 11.6 Å². The summed E-state index contributed by atoms with van der Waals surface area (Å²) < 4.78 is 25.6. The molecule has 0 saturated heterocycles. The van der Waals surface area contributed by atoms with Gasteiger partial charge in [-0.25, -0.2) is 8.78 Å². The van der Waals surface area contributed by atoms with Gasteiger partial charge in [0.15, 0.2) is 11.6 Å². The second kappa shape index (κ2) is 4.41. The number of benzene rings is 1. The number of nitrogens with two attached hydrogens (primary N) is 1. The number of hydrogen-bond donors (Lipinski definition) is 2. The zero-order chi connectivity index (χ0) is 12.5. The first-order valence-electron chi connectivity index (χ1n) is 5.52. The van der Waals surface area contributed by atoms with E-state index in [0.29, 0.717) is 6.54 Å². The highest BCUT2D eigenvalue weighted by molar-refractivity contribution is 5.94. The number of amides is 1. The van der Waals surface area contributed by atoms with Crippen LogP contribution in [0.1, 0.15) is 29.6 Å². The van der Waals surface area contributed by atoms with Crippen LogP contribution in [-0.2, 0) is 0 Å². The van der Waals surface area contributed by atoms with Gasteiger partial charge in [0.25, 0.3) is 5.91 Å². The maximum Gasteiger partial charge on any atom is 0.251 e. The van der Waals surface area contributed by atoms with Crippen molar-refractivity contribution in [3.8, 4) is 0 Å². The molecule has 0 spiro atoms. The van der Waals surface area contributed by atoms with Crippen molar-refractivity contribution in [3.05, 3.63) is 35.4 Å². The molecule has 0 unspecified atom stereocenters. The van der Waals surface area contributed by atoms with Gasteiger partial charge < -0.3 is 11.1 Å². The molecule has 1 fully saturated rings. The van der Waals surface area contributed by atoms with E-state index >= 15 is 0 Å². The Kier molecular flexibility index (Phi) is 3.11. The molecule has 0 bridgehead atoms. The zero-order valence-electron chi connectivity index (χ0n) is 9.30. The molecule has 0 heterocycles. The predicted molar refractivity (Wildman–Crippen MR) is 59.5 cm³/mol. The van der Waals surface area contributed by atoms with E-state index in [-0.39, 0.29) is 11.1 Å². The van der Waals surface area contributed by atoms with Gasteiger partial charge in [-0.1, -0.05) is 0 Å². The minimum absolute atomic E-state index is 0.104. The Morgan fingerprint density at radius 3 is 2.59 bits per heavy atom.